The van der Waals surface area contributed by atoms with Crippen molar-refractivity contribution in [3.63, 3.8) is 0 Å². The number of carbonyl (C=O) groups excluding carboxylic acids is 1. The van der Waals surface area contributed by atoms with E-state index >= 15 is 0 Å². The first kappa shape index (κ1) is 15.5. The zero-order valence-corrected chi connectivity index (χ0v) is 11.7. The number of hydrogen-bond acceptors (Lipinski definition) is 7. The minimum atomic E-state index is -0.652. The number of pyridine rings is 1. The summed E-state index contributed by atoms with van der Waals surface area (Å²) in [5.74, 6) is 0.201. The Kier molecular flexibility index (Phi) is 4.85. The number of anilines is 1. The van der Waals surface area contributed by atoms with Crippen LogP contribution in [0.3, 0.4) is 0 Å². The first-order valence-electron chi connectivity index (χ1n) is 6.30. The monoisotopic (exact) mass is 306 g/mol. The number of nitrogens with two attached hydrogens (primary N) is 1. The molecular weight excluding hydrogens is 296 g/mol. The average molecular weight is 306 g/mol. The fourth-order valence-electron chi connectivity index (χ4n) is 1.57. The lowest BCUT2D eigenvalue weighted by atomic mass is 10.3. The van der Waals surface area contributed by atoms with E-state index in [1.165, 1.54) is 12.3 Å². The van der Waals surface area contributed by atoms with Crippen molar-refractivity contribution in [2.24, 2.45) is 10.8 Å². The number of carbonyl (C=O) groups is 1. The van der Waals surface area contributed by atoms with Crippen LogP contribution < -0.4 is 15.9 Å². The highest BCUT2D eigenvalue weighted by Gasteiger charge is 2.05. The maximum absolute atomic E-state index is 11.1. The fraction of sp³-hybridized carbons (Fsp3) is 0. The zero-order valence-electron chi connectivity index (χ0n) is 11.7. The summed E-state index contributed by atoms with van der Waals surface area (Å²) in [7, 11) is 0. The molecule has 0 saturated heterocycles. The van der Waals surface area contributed by atoms with Crippen LogP contribution in [0.2, 0.25) is 0 Å². The van der Waals surface area contributed by atoms with Crippen LogP contribution in [0, 0.1) is 22.7 Å². The van der Waals surface area contributed by atoms with Crippen LogP contribution in [0.1, 0.15) is 10.5 Å². The van der Waals surface area contributed by atoms with Crippen molar-refractivity contribution in [3.8, 4) is 23.6 Å². The van der Waals surface area contributed by atoms with Crippen LogP contribution in [-0.4, -0.2) is 16.6 Å². The van der Waals surface area contributed by atoms with Crippen LogP contribution >= 0.6 is 0 Å². The average Bonchev–Trinajstić information content (AvgIpc) is 2.56. The Morgan fingerprint density at radius 3 is 2.65 bits per heavy atom. The van der Waals surface area contributed by atoms with Gasteiger partial charge in [-0.25, -0.2) is 0 Å². The smallest absolute Gasteiger partial charge is 0.267 e. The van der Waals surface area contributed by atoms with Gasteiger partial charge in [-0.2, -0.15) is 15.6 Å². The number of nitrogens with one attached hydrogen (secondary N) is 1. The molecule has 23 heavy (non-hydrogen) atoms. The Balaban J connectivity index is 2.16. The van der Waals surface area contributed by atoms with Crippen molar-refractivity contribution in [2.75, 3.05) is 5.43 Å². The fourth-order valence-corrected chi connectivity index (χ4v) is 1.57. The molecule has 0 saturated carbocycles. The van der Waals surface area contributed by atoms with Crippen LogP contribution in [0.4, 0.5) is 5.69 Å². The molecule has 8 heteroatoms. The van der Waals surface area contributed by atoms with Crippen molar-refractivity contribution in [3.05, 3.63) is 48.3 Å². The number of rotatable bonds is 5. The number of hydrogen-bond donors (Lipinski definition) is 2. The molecule has 1 aromatic heterocycles. The van der Waals surface area contributed by atoms with Gasteiger partial charge in [-0.05, 0) is 18.2 Å². The number of amides is 1. The van der Waals surface area contributed by atoms with Crippen LogP contribution in [-0.2, 0) is 0 Å². The maximum atomic E-state index is 11.1. The van der Waals surface area contributed by atoms with Gasteiger partial charge in [-0.1, -0.05) is 6.07 Å². The van der Waals surface area contributed by atoms with Gasteiger partial charge in [0.2, 0.25) is 5.71 Å². The van der Waals surface area contributed by atoms with Crippen LogP contribution in [0.25, 0.3) is 0 Å². The van der Waals surface area contributed by atoms with E-state index in [-0.39, 0.29) is 11.4 Å². The number of aromatic nitrogens is 1. The summed E-state index contributed by atoms with van der Waals surface area (Å²) >= 11 is 0. The van der Waals surface area contributed by atoms with Crippen LogP contribution in [0.5, 0.6) is 11.5 Å². The van der Waals surface area contributed by atoms with Gasteiger partial charge in [0.15, 0.2) is 0 Å². The lowest BCUT2D eigenvalue weighted by Gasteiger charge is -2.07. The molecule has 0 aliphatic heterocycles. The molecule has 1 amide bonds. The predicted molar refractivity (Wildman–Crippen MR) is 81.6 cm³/mol. The number of nitrogens with zero attached hydrogens (tertiary/aromatic N) is 4. The molecule has 0 aliphatic carbocycles. The highest BCUT2D eigenvalue weighted by Crippen LogP contribution is 2.24. The molecule has 0 atom stereocenters. The van der Waals surface area contributed by atoms with E-state index in [0.29, 0.717) is 17.2 Å². The van der Waals surface area contributed by atoms with Gasteiger partial charge in [0.1, 0.15) is 29.3 Å². The Morgan fingerprint density at radius 1 is 1.22 bits per heavy atom. The third kappa shape index (κ3) is 4.28. The first-order valence-corrected chi connectivity index (χ1v) is 6.30. The van der Waals surface area contributed by atoms with E-state index in [2.05, 4.69) is 15.5 Å². The molecule has 8 nitrogen and oxygen atoms in total. The summed E-state index contributed by atoms with van der Waals surface area (Å²) in [4.78, 5) is 14.9. The Bertz CT molecular complexity index is 832. The molecule has 1 heterocycles. The second-order valence-electron chi connectivity index (χ2n) is 4.17. The van der Waals surface area contributed by atoms with Crippen molar-refractivity contribution in [1.29, 1.82) is 10.5 Å². The number of hydrazone groups is 1. The predicted octanol–water partition coefficient (Wildman–Crippen LogP) is 1.79. The molecule has 1 aromatic carbocycles. The van der Waals surface area contributed by atoms with Crippen molar-refractivity contribution in [1.82, 2.24) is 4.98 Å². The van der Waals surface area contributed by atoms with Crippen molar-refractivity contribution < 1.29 is 9.53 Å². The van der Waals surface area contributed by atoms with E-state index in [9.17, 15) is 4.79 Å². The topological polar surface area (TPSA) is 137 Å². The summed E-state index contributed by atoms with van der Waals surface area (Å²) in [6.07, 6.45) is 1.41. The highest BCUT2D eigenvalue weighted by atomic mass is 16.5. The maximum Gasteiger partial charge on any atom is 0.267 e. The summed E-state index contributed by atoms with van der Waals surface area (Å²) in [6.45, 7) is 0. The molecule has 0 spiro atoms. The summed E-state index contributed by atoms with van der Waals surface area (Å²) in [5.41, 5.74) is 8.06. The second kappa shape index (κ2) is 7.20. The minimum absolute atomic E-state index is 0.0917. The highest BCUT2D eigenvalue weighted by molar-refractivity contribution is 6.10. The lowest BCUT2D eigenvalue weighted by Crippen LogP contribution is -2.12. The van der Waals surface area contributed by atoms with Gasteiger partial charge in [0.05, 0.1) is 5.69 Å². The summed E-state index contributed by atoms with van der Waals surface area (Å²) in [5, 5.41) is 20.9. The van der Waals surface area contributed by atoms with E-state index < -0.39 is 5.91 Å². The van der Waals surface area contributed by atoms with E-state index in [1.54, 1.807) is 42.5 Å². The van der Waals surface area contributed by atoms with Gasteiger partial charge in [0.25, 0.3) is 5.91 Å². The molecule has 3 N–H and O–H groups in total. The van der Waals surface area contributed by atoms with Gasteiger partial charge >= 0.3 is 0 Å². The quantitative estimate of drug-likeness (QED) is 0.638. The minimum Gasteiger partial charge on any atom is -0.457 e. The summed E-state index contributed by atoms with van der Waals surface area (Å²) in [6, 6.07) is 13.0. The van der Waals surface area contributed by atoms with Gasteiger partial charge in [-0.3, -0.25) is 15.2 Å². The normalized spacial score (nSPS) is 9.13. The largest absolute Gasteiger partial charge is 0.457 e. The summed E-state index contributed by atoms with van der Waals surface area (Å²) < 4.78 is 5.60. The number of ether oxygens (including phenoxy) is 1. The van der Waals surface area contributed by atoms with E-state index in [1.807, 2.05) is 0 Å². The lowest BCUT2D eigenvalue weighted by molar-refractivity contribution is 0.0995. The number of benzene rings is 1. The molecule has 0 unspecified atom stereocenters. The molecule has 2 rings (SSSR count). The number of primary amides is 1. The third-order valence-electron chi connectivity index (χ3n) is 2.56. The van der Waals surface area contributed by atoms with E-state index in [4.69, 9.17) is 21.0 Å². The second-order valence-corrected chi connectivity index (χ2v) is 4.17. The first-order chi connectivity index (χ1) is 11.1. The van der Waals surface area contributed by atoms with Gasteiger partial charge in [0, 0.05) is 18.3 Å². The third-order valence-corrected chi connectivity index (χ3v) is 2.56. The standard InChI is InChI=1S/C15H10N6O2/c16-8-11(9-17)21-20-10-2-1-3-12(6-10)23-13-4-5-19-14(7-13)15(18)22/h1-7,20H,(H2,18,22). The molecule has 0 radical (unpaired) electrons. The molecule has 0 bridgehead atoms. The van der Waals surface area contributed by atoms with Gasteiger partial charge < -0.3 is 10.5 Å². The Morgan fingerprint density at radius 2 is 1.96 bits per heavy atom. The molecule has 112 valence electrons. The van der Waals surface area contributed by atoms with Crippen LogP contribution in [0.15, 0.2) is 47.7 Å². The molecular formula is C15H10N6O2. The van der Waals surface area contributed by atoms with Gasteiger partial charge in [-0.15, -0.1) is 0 Å². The molecule has 0 fully saturated rings. The van der Waals surface area contributed by atoms with Crippen molar-refractivity contribution in [2.45, 2.75) is 0 Å². The number of nitriles is 2. The Labute approximate surface area is 131 Å². The van der Waals surface area contributed by atoms with E-state index in [0.717, 1.165) is 0 Å². The SMILES string of the molecule is N#CC(C#N)=NNc1cccc(Oc2ccnc(C(N)=O)c2)c1. The van der Waals surface area contributed by atoms with Crippen molar-refractivity contribution >= 4 is 17.3 Å². The molecule has 0 aliphatic rings. The molecule has 2 aromatic rings. The Hall–Kier alpha value is -3.91. The zero-order chi connectivity index (χ0) is 16.7.